The van der Waals surface area contributed by atoms with E-state index in [1.807, 2.05) is 36.9 Å². The van der Waals surface area contributed by atoms with Crippen LogP contribution in [0.15, 0.2) is 35.3 Å². The summed E-state index contributed by atoms with van der Waals surface area (Å²) in [6, 6.07) is 10.3. The van der Waals surface area contributed by atoms with E-state index < -0.39 is 0 Å². The van der Waals surface area contributed by atoms with Gasteiger partial charge in [0.15, 0.2) is 5.96 Å². The van der Waals surface area contributed by atoms with E-state index in [1.54, 1.807) is 0 Å². The van der Waals surface area contributed by atoms with Crippen LogP contribution in [0.25, 0.3) is 0 Å². The van der Waals surface area contributed by atoms with Crippen molar-refractivity contribution in [3.63, 3.8) is 0 Å². The van der Waals surface area contributed by atoms with Gasteiger partial charge in [0.05, 0.1) is 12.5 Å². The molecule has 0 spiro atoms. The minimum absolute atomic E-state index is 0. The van der Waals surface area contributed by atoms with E-state index >= 15 is 0 Å². The van der Waals surface area contributed by atoms with Crippen LogP contribution in [0.5, 0.6) is 0 Å². The molecule has 2 saturated heterocycles. The quantitative estimate of drug-likeness (QED) is 0.250. The van der Waals surface area contributed by atoms with Gasteiger partial charge in [-0.15, -0.1) is 24.0 Å². The molecule has 0 aromatic heterocycles. The fourth-order valence-corrected chi connectivity index (χ4v) is 4.11. The molecule has 2 aliphatic rings. The molecule has 0 radical (unpaired) electrons. The Kier molecular flexibility index (Phi) is 11.1. The number of carbonyl (C=O) groups excluding carboxylic acids is 2. The number of hydrogen-bond donors (Lipinski definition) is 1. The van der Waals surface area contributed by atoms with Gasteiger partial charge in [-0.05, 0) is 38.8 Å². The van der Waals surface area contributed by atoms with Gasteiger partial charge in [0.1, 0.15) is 6.54 Å². The van der Waals surface area contributed by atoms with Crippen molar-refractivity contribution < 1.29 is 14.3 Å². The van der Waals surface area contributed by atoms with E-state index in [4.69, 9.17) is 4.74 Å². The number of para-hydroxylation sites is 1. The monoisotopic (exact) mass is 557 g/mol. The smallest absolute Gasteiger partial charge is 0.309 e. The molecule has 0 atom stereocenters. The second-order valence-electron chi connectivity index (χ2n) is 7.89. The van der Waals surface area contributed by atoms with E-state index in [2.05, 4.69) is 32.2 Å². The maximum atomic E-state index is 12.7. The fraction of sp³-hybridized carbons (Fsp3) is 0.609. The lowest BCUT2D eigenvalue weighted by Gasteiger charge is -2.36. The van der Waals surface area contributed by atoms with Crippen molar-refractivity contribution in [1.82, 2.24) is 15.1 Å². The van der Waals surface area contributed by atoms with Gasteiger partial charge in [-0.2, -0.15) is 0 Å². The van der Waals surface area contributed by atoms with Crippen LogP contribution in [0.3, 0.4) is 0 Å². The number of benzene rings is 1. The molecule has 0 bridgehead atoms. The van der Waals surface area contributed by atoms with Crippen LogP contribution in [-0.2, 0) is 14.3 Å². The van der Waals surface area contributed by atoms with Crippen molar-refractivity contribution in [1.29, 1.82) is 0 Å². The summed E-state index contributed by atoms with van der Waals surface area (Å²) in [5.41, 5.74) is 1.20. The summed E-state index contributed by atoms with van der Waals surface area (Å²) in [7, 11) is 0. The van der Waals surface area contributed by atoms with Crippen LogP contribution in [0.1, 0.15) is 26.7 Å². The molecule has 2 fully saturated rings. The molecule has 32 heavy (non-hydrogen) atoms. The van der Waals surface area contributed by atoms with Crippen LogP contribution in [-0.4, -0.2) is 86.6 Å². The zero-order chi connectivity index (χ0) is 22.1. The van der Waals surface area contributed by atoms with Crippen LogP contribution in [0.2, 0.25) is 0 Å². The van der Waals surface area contributed by atoms with Gasteiger partial charge < -0.3 is 24.8 Å². The van der Waals surface area contributed by atoms with Gasteiger partial charge in [0.2, 0.25) is 5.91 Å². The summed E-state index contributed by atoms with van der Waals surface area (Å²) >= 11 is 0. The van der Waals surface area contributed by atoms with Gasteiger partial charge in [-0.25, -0.2) is 4.99 Å². The number of esters is 1. The number of ether oxygens (including phenoxy) is 1. The Hall–Kier alpha value is -2.04. The number of halogens is 1. The molecular formula is C23H36IN5O3. The molecule has 2 heterocycles. The van der Waals surface area contributed by atoms with Gasteiger partial charge in [-0.1, -0.05) is 18.2 Å². The summed E-state index contributed by atoms with van der Waals surface area (Å²) in [4.78, 5) is 35.7. The number of nitrogens with zero attached hydrogens (tertiary/aromatic N) is 4. The Morgan fingerprint density at radius 2 is 1.66 bits per heavy atom. The van der Waals surface area contributed by atoms with Crippen molar-refractivity contribution in [3.05, 3.63) is 30.3 Å². The summed E-state index contributed by atoms with van der Waals surface area (Å²) in [5, 5.41) is 3.29. The highest BCUT2D eigenvalue weighted by atomic mass is 127. The lowest BCUT2D eigenvalue weighted by Crippen LogP contribution is -2.50. The zero-order valence-corrected chi connectivity index (χ0v) is 21.5. The third-order valence-corrected chi connectivity index (χ3v) is 5.87. The van der Waals surface area contributed by atoms with Gasteiger partial charge in [-0.3, -0.25) is 9.59 Å². The number of hydrogen-bond acceptors (Lipinski definition) is 5. The molecule has 0 saturated carbocycles. The SMILES string of the molecule is CCNC(=NCC(=O)N1CCN(c2ccccc2)CC1)N1CCC(C(=O)OCC)CC1.I. The molecule has 1 amide bonds. The Morgan fingerprint density at radius 1 is 1.00 bits per heavy atom. The normalized spacial score (nSPS) is 17.6. The fourth-order valence-electron chi connectivity index (χ4n) is 4.11. The van der Waals surface area contributed by atoms with Crippen LogP contribution < -0.4 is 10.2 Å². The molecule has 0 unspecified atom stereocenters. The average Bonchev–Trinajstić information content (AvgIpc) is 2.82. The predicted octanol–water partition coefficient (Wildman–Crippen LogP) is 2.19. The number of rotatable bonds is 6. The number of nitrogens with one attached hydrogen (secondary N) is 1. The summed E-state index contributed by atoms with van der Waals surface area (Å²) in [6.45, 7) is 9.72. The van der Waals surface area contributed by atoms with Crippen molar-refractivity contribution in [3.8, 4) is 0 Å². The van der Waals surface area contributed by atoms with E-state index in [0.29, 0.717) is 19.7 Å². The Balaban J connectivity index is 0.00000363. The zero-order valence-electron chi connectivity index (χ0n) is 19.2. The third-order valence-electron chi connectivity index (χ3n) is 5.87. The molecule has 1 aromatic carbocycles. The Labute approximate surface area is 208 Å². The highest BCUT2D eigenvalue weighted by molar-refractivity contribution is 14.0. The molecule has 1 N–H and O–H groups in total. The summed E-state index contributed by atoms with van der Waals surface area (Å²) in [5.74, 6) is 0.668. The number of amides is 1. The first-order chi connectivity index (χ1) is 15.1. The Morgan fingerprint density at radius 3 is 2.25 bits per heavy atom. The minimum Gasteiger partial charge on any atom is -0.466 e. The summed E-state index contributed by atoms with van der Waals surface area (Å²) in [6.07, 6.45) is 1.50. The van der Waals surface area contributed by atoms with Crippen LogP contribution in [0.4, 0.5) is 5.69 Å². The average molecular weight is 557 g/mol. The maximum absolute atomic E-state index is 12.7. The molecule has 0 aliphatic carbocycles. The summed E-state index contributed by atoms with van der Waals surface area (Å²) < 4.78 is 5.15. The number of piperazine rings is 1. The highest BCUT2D eigenvalue weighted by Crippen LogP contribution is 2.19. The standard InChI is InChI=1S/C23H35N5O3.HI/c1-3-24-23(28-12-10-19(11-13-28)22(30)31-4-2)25-18-21(29)27-16-14-26(15-17-27)20-8-6-5-7-9-20;/h5-9,19H,3-4,10-18H2,1-2H3,(H,24,25);1H. The Bertz CT molecular complexity index is 745. The first kappa shape index (κ1) is 26.2. The van der Waals surface area contributed by atoms with Gasteiger partial charge >= 0.3 is 5.97 Å². The number of piperidine rings is 1. The minimum atomic E-state index is -0.103. The van der Waals surface area contributed by atoms with E-state index in [0.717, 1.165) is 51.5 Å². The van der Waals surface area contributed by atoms with E-state index in [1.165, 1.54) is 5.69 Å². The van der Waals surface area contributed by atoms with E-state index in [9.17, 15) is 9.59 Å². The maximum Gasteiger partial charge on any atom is 0.309 e. The first-order valence-corrected chi connectivity index (χ1v) is 11.4. The lowest BCUT2D eigenvalue weighted by molar-refractivity contribution is -0.149. The number of likely N-dealkylation sites (tertiary alicyclic amines) is 1. The van der Waals surface area contributed by atoms with Crippen molar-refractivity contribution >= 4 is 47.5 Å². The molecule has 9 heteroatoms. The molecule has 1 aromatic rings. The number of aliphatic imine (C=N–C) groups is 1. The van der Waals surface area contributed by atoms with E-state index in [-0.39, 0.29) is 48.3 Å². The number of guanidine groups is 1. The first-order valence-electron chi connectivity index (χ1n) is 11.4. The second-order valence-corrected chi connectivity index (χ2v) is 7.89. The van der Waals surface area contributed by atoms with Crippen LogP contribution in [0, 0.1) is 5.92 Å². The molecular weight excluding hydrogens is 521 g/mol. The predicted molar refractivity (Wildman–Crippen MR) is 138 cm³/mol. The molecule has 8 nitrogen and oxygen atoms in total. The van der Waals surface area contributed by atoms with Crippen molar-refractivity contribution in [2.45, 2.75) is 26.7 Å². The molecule has 3 rings (SSSR count). The number of carbonyl (C=O) groups is 2. The molecule has 178 valence electrons. The molecule has 2 aliphatic heterocycles. The van der Waals surface area contributed by atoms with Gasteiger partial charge in [0.25, 0.3) is 0 Å². The second kappa shape index (κ2) is 13.5. The van der Waals surface area contributed by atoms with Crippen LogP contribution >= 0.6 is 24.0 Å². The van der Waals surface area contributed by atoms with Crippen molar-refractivity contribution in [2.75, 3.05) is 63.9 Å². The van der Waals surface area contributed by atoms with Gasteiger partial charge in [0, 0.05) is 51.5 Å². The van der Waals surface area contributed by atoms with Crippen molar-refractivity contribution in [2.24, 2.45) is 10.9 Å². The topological polar surface area (TPSA) is 77.5 Å². The number of anilines is 1. The highest BCUT2D eigenvalue weighted by Gasteiger charge is 2.28. The third kappa shape index (κ3) is 7.25. The lowest BCUT2D eigenvalue weighted by atomic mass is 9.97. The largest absolute Gasteiger partial charge is 0.466 e.